The first kappa shape index (κ1) is 18.0. The second kappa shape index (κ2) is 7.69. The lowest BCUT2D eigenvalue weighted by atomic mass is 9.97. The van der Waals surface area contributed by atoms with Crippen molar-refractivity contribution in [2.45, 2.75) is 12.8 Å². The number of benzene rings is 1. The lowest BCUT2D eigenvalue weighted by Crippen LogP contribution is -2.22. The van der Waals surface area contributed by atoms with Crippen molar-refractivity contribution in [2.24, 2.45) is 5.92 Å². The van der Waals surface area contributed by atoms with E-state index >= 15 is 0 Å². The third kappa shape index (κ3) is 3.96. The Morgan fingerprint density at radius 1 is 1.14 bits per heavy atom. The molecule has 2 N–H and O–H groups in total. The zero-order valence-corrected chi connectivity index (χ0v) is 15.5. The largest absolute Gasteiger partial charge is 0.306 e. The van der Waals surface area contributed by atoms with E-state index in [0.717, 1.165) is 16.1 Å². The number of amides is 3. The summed E-state index contributed by atoms with van der Waals surface area (Å²) in [5.41, 5.74) is 2.34. The number of anilines is 1. The van der Waals surface area contributed by atoms with Gasteiger partial charge in [-0.05, 0) is 36.2 Å². The van der Waals surface area contributed by atoms with Crippen LogP contribution in [0.1, 0.15) is 22.3 Å². The Kier molecular flexibility index (Phi) is 4.94. The molecule has 4 rings (SSSR count). The van der Waals surface area contributed by atoms with Crippen LogP contribution in [0.5, 0.6) is 0 Å². The van der Waals surface area contributed by atoms with Crippen LogP contribution >= 0.6 is 11.3 Å². The number of rotatable bonds is 5. The Morgan fingerprint density at radius 2 is 1.89 bits per heavy atom. The molecule has 140 valence electrons. The third-order valence-electron chi connectivity index (χ3n) is 4.44. The number of pyridine rings is 1. The first-order valence-corrected chi connectivity index (χ1v) is 9.56. The Hall–Kier alpha value is -3.39. The van der Waals surface area contributed by atoms with Crippen molar-refractivity contribution in [2.75, 3.05) is 5.32 Å². The normalized spacial score (nSPS) is 16.1. The fourth-order valence-electron chi connectivity index (χ4n) is 3.00. The highest BCUT2D eigenvalue weighted by molar-refractivity contribution is 7.13. The van der Waals surface area contributed by atoms with E-state index in [-0.39, 0.29) is 30.1 Å². The van der Waals surface area contributed by atoms with Gasteiger partial charge in [0.15, 0.2) is 0 Å². The second-order valence-corrected chi connectivity index (χ2v) is 7.30. The molecule has 28 heavy (non-hydrogen) atoms. The van der Waals surface area contributed by atoms with Gasteiger partial charge in [-0.3, -0.25) is 24.7 Å². The van der Waals surface area contributed by atoms with Crippen LogP contribution in [0.2, 0.25) is 0 Å². The molecule has 1 aliphatic heterocycles. The van der Waals surface area contributed by atoms with Gasteiger partial charge in [0.2, 0.25) is 11.8 Å². The lowest BCUT2D eigenvalue weighted by Gasteiger charge is -2.07. The first-order valence-electron chi connectivity index (χ1n) is 8.68. The molecule has 0 unspecified atom stereocenters. The van der Waals surface area contributed by atoms with E-state index in [2.05, 4.69) is 20.6 Å². The number of hydrogen-bond donors (Lipinski definition) is 2. The van der Waals surface area contributed by atoms with Gasteiger partial charge in [-0.1, -0.05) is 12.1 Å². The van der Waals surface area contributed by atoms with Gasteiger partial charge in [-0.2, -0.15) is 0 Å². The minimum atomic E-state index is -0.339. The van der Waals surface area contributed by atoms with Crippen LogP contribution in [0.4, 0.5) is 5.82 Å². The minimum Gasteiger partial charge on any atom is -0.306 e. The highest BCUT2D eigenvalue weighted by Crippen LogP contribution is 2.25. The van der Waals surface area contributed by atoms with E-state index in [1.165, 1.54) is 11.3 Å². The van der Waals surface area contributed by atoms with Gasteiger partial charge in [0.25, 0.3) is 5.91 Å². The van der Waals surface area contributed by atoms with Gasteiger partial charge in [0.05, 0.1) is 5.92 Å². The molecule has 8 heteroatoms. The SMILES string of the molecule is O=C1C[C@@H](Cc2ccc(C(=O)Nc3csc(-c4ccncc4)n3)cc2)C(=O)N1. The van der Waals surface area contributed by atoms with Crippen molar-refractivity contribution in [1.82, 2.24) is 15.3 Å². The fraction of sp³-hybridized carbons (Fsp3) is 0.150. The zero-order chi connectivity index (χ0) is 19.5. The number of carbonyl (C=O) groups is 3. The Balaban J connectivity index is 1.39. The Labute approximate surface area is 164 Å². The van der Waals surface area contributed by atoms with E-state index in [0.29, 0.717) is 17.8 Å². The van der Waals surface area contributed by atoms with Crippen LogP contribution in [-0.4, -0.2) is 27.7 Å². The van der Waals surface area contributed by atoms with E-state index in [9.17, 15) is 14.4 Å². The number of imide groups is 1. The molecule has 0 bridgehead atoms. The molecule has 0 aliphatic carbocycles. The molecule has 1 atom stereocenters. The summed E-state index contributed by atoms with van der Waals surface area (Å²) in [6.07, 6.45) is 4.08. The van der Waals surface area contributed by atoms with Crippen LogP contribution in [0.25, 0.3) is 10.6 Å². The highest BCUT2D eigenvalue weighted by atomic mass is 32.1. The van der Waals surface area contributed by atoms with Crippen LogP contribution in [0.3, 0.4) is 0 Å². The van der Waals surface area contributed by atoms with Gasteiger partial charge in [-0.15, -0.1) is 11.3 Å². The topological polar surface area (TPSA) is 101 Å². The van der Waals surface area contributed by atoms with Crippen LogP contribution in [-0.2, 0) is 16.0 Å². The summed E-state index contributed by atoms with van der Waals surface area (Å²) in [4.78, 5) is 43.8. The molecule has 0 radical (unpaired) electrons. The number of aromatic nitrogens is 2. The fourth-order valence-corrected chi connectivity index (χ4v) is 3.75. The number of nitrogens with one attached hydrogen (secondary N) is 2. The summed E-state index contributed by atoms with van der Waals surface area (Å²) >= 11 is 1.44. The molecule has 0 spiro atoms. The second-order valence-electron chi connectivity index (χ2n) is 6.44. The molecule has 7 nitrogen and oxygen atoms in total. The maximum Gasteiger partial charge on any atom is 0.256 e. The molecular weight excluding hydrogens is 376 g/mol. The monoisotopic (exact) mass is 392 g/mol. The molecule has 2 aromatic heterocycles. The number of thiazole rings is 1. The van der Waals surface area contributed by atoms with E-state index < -0.39 is 0 Å². The third-order valence-corrected chi connectivity index (χ3v) is 5.33. The quantitative estimate of drug-likeness (QED) is 0.650. The summed E-state index contributed by atoms with van der Waals surface area (Å²) < 4.78 is 0. The molecule has 3 amide bonds. The molecule has 3 aromatic rings. The standard InChI is InChI=1S/C20H16N4O3S/c25-17-10-15(19(27)24-17)9-12-1-3-13(4-2-12)18(26)22-16-11-28-20(23-16)14-5-7-21-8-6-14/h1-8,11,15H,9-10H2,(H,22,26)(H,24,25,27)/t15-/m1/s1. The smallest absolute Gasteiger partial charge is 0.256 e. The molecule has 1 aromatic carbocycles. The van der Waals surface area contributed by atoms with Gasteiger partial charge in [0, 0.05) is 35.3 Å². The average Bonchev–Trinajstić information content (AvgIpc) is 3.29. The van der Waals surface area contributed by atoms with Crippen LogP contribution < -0.4 is 10.6 Å². The maximum absolute atomic E-state index is 12.4. The number of nitrogens with zero attached hydrogens (tertiary/aromatic N) is 2. The predicted octanol–water partition coefficient (Wildman–Crippen LogP) is 2.66. The summed E-state index contributed by atoms with van der Waals surface area (Å²) in [6.45, 7) is 0. The van der Waals surface area contributed by atoms with Crippen molar-refractivity contribution >= 4 is 34.9 Å². The minimum absolute atomic E-state index is 0.213. The average molecular weight is 392 g/mol. The van der Waals surface area contributed by atoms with Gasteiger partial charge < -0.3 is 5.32 Å². The van der Waals surface area contributed by atoms with E-state index in [1.54, 1.807) is 42.0 Å². The summed E-state index contributed by atoms with van der Waals surface area (Å²) in [5, 5.41) is 7.69. The van der Waals surface area contributed by atoms with Crippen molar-refractivity contribution in [3.05, 3.63) is 65.3 Å². The van der Waals surface area contributed by atoms with Crippen LogP contribution in [0.15, 0.2) is 54.2 Å². The number of hydrogen-bond acceptors (Lipinski definition) is 6. The van der Waals surface area contributed by atoms with Crippen LogP contribution in [0, 0.1) is 5.92 Å². The lowest BCUT2D eigenvalue weighted by molar-refractivity contribution is -0.125. The predicted molar refractivity (Wildman–Crippen MR) is 105 cm³/mol. The highest BCUT2D eigenvalue weighted by Gasteiger charge is 2.30. The van der Waals surface area contributed by atoms with E-state index in [1.807, 2.05) is 12.1 Å². The molecule has 1 fully saturated rings. The molecule has 3 heterocycles. The maximum atomic E-state index is 12.4. The summed E-state index contributed by atoms with van der Waals surface area (Å²) in [5.74, 6) is -0.575. The van der Waals surface area contributed by atoms with Gasteiger partial charge in [-0.25, -0.2) is 4.98 Å². The van der Waals surface area contributed by atoms with Gasteiger partial charge in [0.1, 0.15) is 10.8 Å². The Morgan fingerprint density at radius 3 is 2.57 bits per heavy atom. The Bertz CT molecular complexity index is 1030. The van der Waals surface area contributed by atoms with Crippen molar-refractivity contribution in [1.29, 1.82) is 0 Å². The first-order chi connectivity index (χ1) is 13.6. The molecule has 1 aliphatic rings. The van der Waals surface area contributed by atoms with Crippen molar-refractivity contribution in [3.63, 3.8) is 0 Å². The molecule has 1 saturated heterocycles. The molecular formula is C20H16N4O3S. The van der Waals surface area contributed by atoms with Crippen molar-refractivity contribution in [3.8, 4) is 10.6 Å². The zero-order valence-electron chi connectivity index (χ0n) is 14.7. The summed E-state index contributed by atoms with van der Waals surface area (Å²) in [6, 6.07) is 10.7. The van der Waals surface area contributed by atoms with Crippen molar-refractivity contribution < 1.29 is 14.4 Å². The van der Waals surface area contributed by atoms with E-state index in [4.69, 9.17) is 0 Å². The van der Waals surface area contributed by atoms with Gasteiger partial charge >= 0.3 is 0 Å². The molecule has 0 saturated carbocycles. The summed E-state index contributed by atoms with van der Waals surface area (Å²) in [7, 11) is 0. The number of carbonyl (C=O) groups excluding carboxylic acids is 3.